The van der Waals surface area contributed by atoms with Crippen molar-refractivity contribution in [2.24, 2.45) is 0 Å². The molecule has 1 aromatic heterocycles. The fourth-order valence-corrected chi connectivity index (χ4v) is 2.51. The van der Waals surface area contributed by atoms with Crippen LogP contribution in [0.3, 0.4) is 0 Å². The molecule has 1 aromatic carbocycles. The molecular weight excluding hydrogens is 264 g/mol. The van der Waals surface area contributed by atoms with E-state index in [-0.39, 0.29) is 11.7 Å². The Morgan fingerprint density at radius 3 is 2.95 bits per heavy atom. The summed E-state index contributed by atoms with van der Waals surface area (Å²) in [5, 5.41) is 4.03. The smallest absolute Gasteiger partial charge is 0.298 e. The summed E-state index contributed by atoms with van der Waals surface area (Å²) >= 11 is 6.05. The van der Waals surface area contributed by atoms with Crippen molar-refractivity contribution in [3.63, 3.8) is 0 Å². The van der Waals surface area contributed by atoms with Crippen molar-refractivity contribution in [2.45, 2.75) is 19.8 Å². The molecule has 0 aliphatic carbocycles. The molecule has 0 saturated heterocycles. The molecule has 2 heterocycles. The average molecular weight is 277 g/mol. The maximum absolute atomic E-state index is 12.5. The van der Waals surface area contributed by atoms with E-state index in [4.69, 9.17) is 16.1 Å². The summed E-state index contributed by atoms with van der Waals surface area (Å²) < 4.78 is 5.05. The summed E-state index contributed by atoms with van der Waals surface area (Å²) in [6.45, 7) is 2.39. The third-order valence-corrected chi connectivity index (χ3v) is 3.79. The fraction of sp³-hybridized carbons (Fsp3) is 0.286. The lowest BCUT2D eigenvalue weighted by atomic mass is 10.0. The van der Waals surface area contributed by atoms with E-state index in [1.807, 2.05) is 24.3 Å². The molecule has 0 N–H and O–H groups in total. The highest BCUT2D eigenvalue weighted by molar-refractivity contribution is 6.34. The predicted molar refractivity (Wildman–Crippen MR) is 72.7 cm³/mol. The third kappa shape index (κ3) is 2.02. The molecule has 1 amide bonds. The topological polar surface area (TPSA) is 46.3 Å². The molecule has 2 aromatic rings. The molecule has 0 saturated carbocycles. The minimum atomic E-state index is -0.224. The number of rotatable bonds is 1. The number of halogens is 1. The van der Waals surface area contributed by atoms with Gasteiger partial charge in [0, 0.05) is 12.2 Å². The number of aromatic nitrogens is 1. The van der Waals surface area contributed by atoms with Crippen LogP contribution in [0.15, 0.2) is 28.8 Å². The molecule has 0 unspecified atom stereocenters. The van der Waals surface area contributed by atoms with Crippen molar-refractivity contribution >= 4 is 23.2 Å². The van der Waals surface area contributed by atoms with Gasteiger partial charge >= 0.3 is 0 Å². The Labute approximate surface area is 115 Å². The summed E-state index contributed by atoms with van der Waals surface area (Å²) in [7, 11) is 0. The lowest BCUT2D eigenvalue weighted by Gasteiger charge is -2.28. The average Bonchev–Trinajstić information content (AvgIpc) is 2.78. The Morgan fingerprint density at radius 2 is 2.21 bits per heavy atom. The highest BCUT2D eigenvalue weighted by Crippen LogP contribution is 2.30. The van der Waals surface area contributed by atoms with Crippen LogP contribution in [0.25, 0.3) is 0 Å². The number of amides is 1. The zero-order valence-electron chi connectivity index (χ0n) is 10.5. The number of carbonyl (C=O) groups is 1. The minimum Gasteiger partial charge on any atom is -0.349 e. The molecule has 1 aliphatic heterocycles. The Hall–Kier alpha value is -1.81. The van der Waals surface area contributed by atoms with Crippen LogP contribution in [0.2, 0.25) is 5.02 Å². The Morgan fingerprint density at radius 1 is 1.42 bits per heavy atom. The van der Waals surface area contributed by atoms with Crippen LogP contribution in [0, 0.1) is 6.92 Å². The Kier molecular flexibility index (Phi) is 3.03. The first-order chi connectivity index (χ1) is 9.18. The monoisotopic (exact) mass is 276 g/mol. The van der Waals surface area contributed by atoms with Crippen molar-refractivity contribution < 1.29 is 9.32 Å². The van der Waals surface area contributed by atoms with Crippen LogP contribution in [0.5, 0.6) is 0 Å². The summed E-state index contributed by atoms with van der Waals surface area (Å²) in [6.07, 6.45) is 1.93. The molecule has 0 fully saturated rings. The fourth-order valence-electron chi connectivity index (χ4n) is 2.36. The predicted octanol–water partition coefficient (Wildman–Crippen LogP) is 3.23. The number of nitrogens with zero attached hydrogens (tertiary/aromatic N) is 2. The number of para-hydroxylation sites is 1. The molecule has 0 atom stereocenters. The first kappa shape index (κ1) is 12.2. The number of benzene rings is 1. The van der Waals surface area contributed by atoms with Gasteiger partial charge in [-0.25, -0.2) is 0 Å². The number of fused-ring (bicyclic) bond motifs is 1. The summed E-state index contributed by atoms with van der Waals surface area (Å²) in [5.74, 6) is -0.103. The van der Waals surface area contributed by atoms with Crippen LogP contribution in [0.4, 0.5) is 5.69 Å². The molecule has 0 bridgehead atoms. The van der Waals surface area contributed by atoms with Crippen molar-refractivity contribution in [3.8, 4) is 0 Å². The van der Waals surface area contributed by atoms with Crippen LogP contribution in [0.1, 0.15) is 28.2 Å². The van der Waals surface area contributed by atoms with Crippen molar-refractivity contribution in [2.75, 3.05) is 11.4 Å². The number of carbonyl (C=O) groups excluding carboxylic acids is 1. The van der Waals surface area contributed by atoms with Gasteiger partial charge < -0.3 is 9.42 Å². The highest BCUT2D eigenvalue weighted by atomic mass is 35.5. The number of anilines is 1. The van der Waals surface area contributed by atoms with E-state index in [2.05, 4.69) is 5.16 Å². The van der Waals surface area contributed by atoms with Gasteiger partial charge in [0.1, 0.15) is 5.02 Å². The van der Waals surface area contributed by atoms with Gasteiger partial charge in [-0.2, -0.15) is 0 Å². The molecule has 0 radical (unpaired) electrons. The maximum Gasteiger partial charge on any atom is 0.298 e. The van der Waals surface area contributed by atoms with Crippen LogP contribution < -0.4 is 4.90 Å². The summed E-state index contributed by atoms with van der Waals surface area (Å²) in [4.78, 5) is 14.2. The van der Waals surface area contributed by atoms with E-state index in [0.29, 0.717) is 17.3 Å². The third-order valence-electron chi connectivity index (χ3n) is 3.34. The van der Waals surface area contributed by atoms with Gasteiger partial charge in [-0.05, 0) is 31.4 Å². The van der Waals surface area contributed by atoms with E-state index >= 15 is 0 Å². The zero-order chi connectivity index (χ0) is 13.4. The van der Waals surface area contributed by atoms with E-state index in [1.54, 1.807) is 11.8 Å². The zero-order valence-corrected chi connectivity index (χ0v) is 11.3. The van der Waals surface area contributed by atoms with Crippen LogP contribution in [-0.2, 0) is 6.42 Å². The second-order valence-corrected chi connectivity index (χ2v) is 4.98. The van der Waals surface area contributed by atoms with Gasteiger partial charge in [-0.15, -0.1) is 0 Å². The number of hydrogen-bond acceptors (Lipinski definition) is 3. The maximum atomic E-state index is 12.5. The van der Waals surface area contributed by atoms with Crippen LogP contribution in [-0.4, -0.2) is 17.6 Å². The quantitative estimate of drug-likeness (QED) is 0.803. The molecule has 0 spiro atoms. The van der Waals surface area contributed by atoms with Crippen LogP contribution >= 0.6 is 11.6 Å². The van der Waals surface area contributed by atoms with Gasteiger partial charge in [0.05, 0.1) is 5.69 Å². The van der Waals surface area contributed by atoms with Crippen molar-refractivity contribution in [3.05, 3.63) is 46.3 Å². The molecule has 5 heteroatoms. The van der Waals surface area contributed by atoms with Crippen molar-refractivity contribution in [1.29, 1.82) is 0 Å². The SMILES string of the molecule is Cc1noc(C(=O)N2CCCc3ccccc32)c1Cl. The van der Waals surface area contributed by atoms with E-state index < -0.39 is 0 Å². The highest BCUT2D eigenvalue weighted by Gasteiger charge is 2.28. The molecule has 3 rings (SSSR count). The second-order valence-electron chi connectivity index (χ2n) is 4.60. The largest absolute Gasteiger partial charge is 0.349 e. The molecule has 1 aliphatic rings. The summed E-state index contributed by atoms with van der Waals surface area (Å²) in [5.41, 5.74) is 2.65. The molecular formula is C14H13ClN2O2. The molecule has 98 valence electrons. The first-order valence-electron chi connectivity index (χ1n) is 6.20. The van der Waals surface area contributed by atoms with Gasteiger partial charge in [0.25, 0.3) is 5.91 Å². The number of aryl methyl sites for hydroxylation is 2. The van der Waals surface area contributed by atoms with Gasteiger partial charge in [0.2, 0.25) is 5.76 Å². The van der Waals surface area contributed by atoms with E-state index in [1.165, 1.54) is 5.56 Å². The normalized spacial score (nSPS) is 14.3. The first-order valence-corrected chi connectivity index (χ1v) is 6.58. The minimum absolute atomic E-state index is 0.121. The van der Waals surface area contributed by atoms with Gasteiger partial charge in [-0.1, -0.05) is 35.0 Å². The Bertz CT molecular complexity index is 636. The lowest BCUT2D eigenvalue weighted by Crippen LogP contribution is -2.35. The van der Waals surface area contributed by atoms with E-state index in [0.717, 1.165) is 18.5 Å². The van der Waals surface area contributed by atoms with Gasteiger partial charge in [-0.3, -0.25) is 4.79 Å². The standard InChI is InChI=1S/C14H13ClN2O2/c1-9-12(15)13(19-16-9)14(18)17-8-4-6-10-5-2-3-7-11(10)17/h2-3,5,7H,4,6,8H2,1H3. The van der Waals surface area contributed by atoms with Crippen molar-refractivity contribution in [1.82, 2.24) is 5.16 Å². The summed E-state index contributed by atoms with van der Waals surface area (Å²) in [6, 6.07) is 7.90. The number of hydrogen-bond donors (Lipinski definition) is 0. The Balaban J connectivity index is 2.00. The second kappa shape index (κ2) is 4.70. The molecule has 4 nitrogen and oxygen atoms in total. The lowest BCUT2D eigenvalue weighted by molar-refractivity contribution is 0.0949. The van der Waals surface area contributed by atoms with E-state index in [9.17, 15) is 4.79 Å². The molecule has 19 heavy (non-hydrogen) atoms. The van der Waals surface area contributed by atoms with Gasteiger partial charge in [0.15, 0.2) is 0 Å².